The van der Waals surface area contributed by atoms with Gasteiger partial charge >= 0.3 is 0 Å². The van der Waals surface area contributed by atoms with Crippen LogP contribution in [0.1, 0.15) is 60.1 Å². The summed E-state index contributed by atoms with van der Waals surface area (Å²) in [7, 11) is 0. The fourth-order valence-electron chi connectivity index (χ4n) is 4.47. The molecule has 0 aromatic heterocycles. The first-order chi connectivity index (χ1) is 14.0. The Morgan fingerprint density at radius 2 is 1.90 bits per heavy atom. The lowest BCUT2D eigenvalue weighted by Gasteiger charge is -2.31. The van der Waals surface area contributed by atoms with E-state index in [1.165, 1.54) is 11.6 Å². The van der Waals surface area contributed by atoms with Crippen LogP contribution >= 0.6 is 0 Å². The summed E-state index contributed by atoms with van der Waals surface area (Å²) in [4.78, 5) is 26.3. The first-order valence-corrected chi connectivity index (χ1v) is 10.4. The van der Waals surface area contributed by atoms with Gasteiger partial charge in [-0.2, -0.15) is 0 Å². The van der Waals surface area contributed by atoms with E-state index < -0.39 is 0 Å². The van der Waals surface area contributed by atoms with Crippen LogP contribution in [0.15, 0.2) is 42.5 Å². The summed E-state index contributed by atoms with van der Waals surface area (Å²) in [6, 6.07) is 13.0. The Labute approximate surface area is 171 Å². The second-order valence-corrected chi connectivity index (χ2v) is 8.25. The zero-order valence-electron chi connectivity index (χ0n) is 16.8. The van der Waals surface area contributed by atoms with Crippen molar-refractivity contribution in [2.45, 2.75) is 45.1 Å². The molecule has 2 aliphatic rings. The molecule has 1 fully saturated rings. The van der Waals surface area contributed by atoms with Gasteiger partial charge in [-0.25, -0.2) is 0 Å². The van der Waals surface area contributed by atoms with E-state index in [0.717, 1.165) is 50.8 Å². The average Bonchev–Trinajstić information content (AvgIpc) is 2.74. The van der Waals surface area contributed by atoms with Crippen molar-refractivity contribution in [2.75, 3.05) is 18.0 Å². The monoisotopic (exact) mass is 393 g/mol. The standard InChI is InChI=1S/C23H27N3O3/c1-16-11-13-25(14-12-16)21-10-9-18(15-22(21)26(28)29)23(27)24-20-8-4-6-17-5-2-3-7-19(17)20/h2-3,5,7,9-10,15-16,20H,4,6,8,11-14H2,1H3,(H,24,27)/t20-/m1/s1. The normalized spacial score (nSPS) is 19.5. The number of nitro groups is 1. The highest BCUT2D eigenvalue weighted by molar-refractivity contribution is 5.96. The molecule has 2 aromatic carbocycles. The van der Waals surface area contributed by atoms with E-state index in [2.05, 4.69) is 29.3 Å². The molecule has 1 aliphatic carbocycles. The van der Waals surface area contributed by atoms with Gasteiger partial charge in [0, 0.05) is 24.7 Å². The smallest absolute Gasteiger partial charge is 0.293 e. The van der Waals surface area contributed by atoms with E-state index in [4.69, 9.17) is 0 Å². The Hall–Kier alpha value is -2.89. The summed E-state index contributed by atoms with van der Waals surface area (Å²) in [6.07, 6.45) is 4.99. The molecule has 29 heavy (non-hydrogen) atoms. The molecule has 152 valence electrons. The van der Waals surface area contributed by atoms with Crippen LogP contribution in [0.2, 0.25) is 0 Å². The average molecular weight is 393 g/mol. The largest absolute Gasteiger partial charge is 0.366 e. The predicted molar refractivity (Wildman–Crippen MR) is 113 cm³/mol. The van der Waals surface area contributed by atoms with Crippen molar-refractivity contribution < 1.29 is 9.72 Å². The van der Waals surface area contributed by atoms with Crippen molar-refractivity contribution in [3.63, 3.8) is 0 Å². The number of piperidine rings is 1. The van der Waals surface area contributed by atoms with Gasteiger partial charge in [0.15, 0.2) is 0 Å². The van der Waals surface area contributed by atoms with Gasteiger partial charge in [0.2, 0.25) is 0 Å². The van der Waals surface area contributed by atoms with Crippen molar-refractivity contribution >= 4 is 17.3 Å². The van der Waals surface area contributed by atoms with Crippen molar-refractivity contribution in [1.29, 1.82) is 0 Å². The van der Waals surface area contributed by atoms with Crippen LogP contribution in [0.25, 0.3) is 0 Å². The maximum atomic E-state index is 12.9. The van der Waals surface area contributed by atoms with Gasteiger partial charge in [-0.15, -0.1) is 0 Å². The lowest BCUT2D eigenvalue weighted by Crippen LogP contribution is -2.33. The van der Waals surface area contributed by atoms with Crippen LogP contribution in [0.5, 0.6) is 0 Å². The number of carbonyl (C=O) groups is 1. The maximum absolute atomic E-state index is 12.9. The summed E-state index contributed by atoms with van der Waals surface area (Å²) in [5, 5.41) is 14.8. The molecule has 1 saturated heterocycles. The zero-order chi connectivity index (χ0) is 20.4. The summed E-state index contributed by atoms with van der Waals surface area (Å²) >= 11 is 0. The van der Waals surface area contributed by atoms with E-state index in [0.29, 0.717) is 17.2 Å². The molecule has 1 aliphatic heterocycles. The van der Waals surface area contributed by atoms with E-state index >= 15 is 0 Å². The van der Waals surface area contributed by atoms with Crippen LogP contribution in [0.3, 0.4) is 0 Å². The third kappa shape index (κ3) is 4.11. The molecule has 0 spiro atoms. The minimum Gasteiger partial charge on any atom is -0.366 e. The third-order valence-corrected chi connectivity index (χ3v) is 6.23. The molecule has 6 heteroatoms. The highest BCUT2D eigenvalue weighted by Gasteiger charge is 2.26. The van der Waals surface area contributed by atoms with Crippen molar-refractivity contribution in [3.8, 4) is 0 Å². The van der Waals surface area contributed by atoms with Gasteiger partial charge in [0.1, 0.15) is 5.69 Å². The summed E-state index contributed by atoms with van der Waals surface area (Å²) < 4.78 is 0. The Balaban J connectivity index is 1.55. The van der Waals surface area contributed by atoms with Crippen molar-refractivity contribution in [2.24, 2.45) is 5.92 Å². The summed E-state index contributed by atoms with van der Waals surface area (Å²) in [6.45, 7) is 3.83. The second-order valence-electron chi connectivity index (χ2n) is 8.25. The molecule has 1 atom stereocenters. The van der Waals surface area contributed by atoms with E-state index in [1.54, 1.807) is 12.1 Å². The molecule has 1 amide bonds. The van der Waals surface area contributed by atoms with Crippen LogP contribution in [0, 0.1) is 16.0 Å². The summed E-state index contributed by atoms with van der Waals surface area (Å²) in [5.41, 5.74) is 3.39. The maximum Gasteiger partial charge on any atom is 0.293 e. The second kappa shape index (κ2) is 8.23. The highest BCUT2D eigenvalue weighted by atomic mass is 16.6. The molecular weight excluding hydrogens is 366 g/mol. The molecule has 1 N–H and O–H groups in total. The molecule has 1 heterocycles. The van der Waals surface area contributed by atoms with Crippen LogP contribution < -0.4 is 10.2 Å². The zero-order valence-corrected chi connectivity index (χ0v) is 16.8. The van der Waals surface area contributed by atoms with E-state index in [9.17, 15) is 14.9 Å². The molecule has 0 unspecified atom stereocenters. The van der Waals surface area contributed by atoms with Crippen LogP contribution in [-0.2, 0) is 6.42 Å². The number of nitrogens with zero attached hydrogens (tertiary/aromatic N) is 2. The number of aryl methyl sites for hydroxylation is 1. The number of nitrogens with one attached hydrogen (secondary N) is 1. The molecule has 0 saturated carbocycles. The molecule has 0 radical (unpaired) electrons. The predicted octanol–water partition coefficient (Wildman–Crippen LogP) is 4.64. The number of benzene rings is 2. The molecule has 4 rings (SSSR count). The van der Waals surface area contributed by atoms with Crippen molar-refractivity contribution in [3.05, 3.63) is 69.3 Å². The van der Waals surface area contributed by atoms with Gasteiger partial charge < -0.3 is 10.2 Å². The Morgan fingerprint density at radius 1 is 1.14 bits per heavy atom. The van der Waals surface area contributed by atoms with Crippen molar-refractivity contribution in [1.82, 2.24) is 5.32 Å². The lowest BCUT2D eigenvalue weighted by molar-refractivity contribution is -0.384. The lowest BCUT2D eigenvalue weighted by atomic mass is 9.87. The van der Waals surface area contributed by atoms with Gasteiger partial charge in [0.25, 0.3) is 11.6 Å². The number of rotatable bonds is 4. The fraction of sp³-hybridized carbons (Fsp3) is 0.435. The number of hydrogen-bond donors (Lipinski definition) is 1. The Kier molecular flexibility index (Phi) is 5.51. The number of amides is 1. The number of fused-ring (bicyclic) bond motifs is 1. The first kappa shape index (κ1) is 19.4. The topological polar surface area (TPSA) is 75.5 Å². The van der Waals surface area contributed by atoms with Gasteiger partial charge in [-0.1, -0.05) is 31.2 Å². The fourth-order valence-corrected chi connectivity index (χ4v) is 4.47. The summed E-state index contributed by atoms with van der Waals surface area (Å²) in [5.74, 6) is 0.391. The first-order valence-electron chi connectivity index (χ1n) is 10.4. The van der Waals surface area contributed by atoms with Gasteiger partial charge in [0.05, 0.1) is 11.0 Å². The molecule has 2 aromatic rings. The van der Waals surface area contributed by atoms with Crippen LogP contribution in [-0.4, -0.2) is 23.9 Å². The Bertz CT molecular complexity index is 919. The van der Waals surface area contributed by atoms with E-state index in [-0.39, 0.29) is 22.6 Å². The highest BCUT2D eigenvalue weighted by Crippen LogP contribution is 2.33. The molecular formula is C23H27N3O3. The number of anilines is 1. The molecule has 0 bridgehead atoms. The molecule has 6 nitrogen and oxygen atoms in total. The SMILES string of the molecule is CC1CCN(c2ccc(C(=O)N[C@@H]3CCCc4ccccc43)cc2[N+](=O)[O-])CC1. The number of carbonyl (C=O) groups excluding carboxylic acids is 1. The third-order valence-electron chi connectivity index (χ3n) is 6.23. The quantitative estimate of drug-likeness (QED) is 0.607. The minimum absolute atomic E-state index is 0.0104. The van der Waals surface area contributed by atoms with Gasteiger partial charge in [-0.3, -0.25) is 14.9 Å². The van der Waals surface area contributed by atoms with Crippen LogP contribution in [0.4, 0.5) is 11.4 Å². The number of nitro benzene ring substituents is 1. The van der Waals surface area contributed by atoms with Gasteiger partial charge in [-0.05, 0) is 61.3 Å². The Morgan fingerprint density at radius 3 is 2.66 bits per heavy atom. The minimum atomic E-state index is -0.375. The number of hydrogen-bond acceptors (Lipinski definition) is 4. The van der Waals surface area contributed by atoms with E-state index in [1.807, 2.05) is 12.1 Å².